The molecular formula is C15H20N2O2S. The predicted molar refractivity (Wildman–Crippen MR) is 81.2 cm³/mol. The summed E-state index contributed by atoms with van der Waals surface area (Å²) in [4.78, 5) is 4.32. The molecule has 108 valence electrons. The van der Waals surface area contributed by atoms with Gasteiger partial charge in [0.05, 0.1) is 10.5 Å². The number of aromatic nitrogens is 2. The second-order valence-corrected chi connectivity index (χ2v) is 8.60. The fourth-order valence-corrected chi connectivity index (χ4v) is 2.91. The van der Waals surface area contributed by atoms with Crippen LogP contribution >= 0.6 is 0 Å². The Morgan fingerprint density at radius 3 is 2.40 bits per heavy atom. The van der Waals surface area contributed by atoms with Gasteiger partial charge >= 0.3 is 0 Å². The molecule has 0 fully saturated rings. The van der Waals surface area contributed by atoms with Crippen LogP contribution in [0.1, 0.15) is 20.8 Å². The van der Waals surface area contributed by atoms with Crippen LogP contribution in [0.4, 0.5) is 0 Å². The third-order valence-electron chi connectivity index (χ3n) is 3.28. The highest BCUT2D eigenvalue weighted by atomic mass is 32.2. The van der Waals surface area contributed by atoms with Gasteiger partial charge in [0, 0.05) is 24.5 Å². The molecule has 0 saturated carbocycles. The first-order chi connectivity index (χ1) is 9.31. The Labute approximate surface area is 120 Å². The number of hydrogen-bond donors (Lipinski definition) is 0. The summed E-state index contributed by atoms with van der Waals surface area (Å²) in [6, 6.07) is 9.77. The molecule has 1 aromatic heterocycles. The Balaban J connectivity index is 2.19. The van der Waals surface area contributed by atoms with Gasteiger partial charge in [0.15, 0.2) is 9.84 Å². The minimum Gasteiger partial charge on any atom is -0.330 e. The van der Waals surface area contributed by atoms with Crippen molar-refractivity contribution in [1.82, 2.24) is 9.55 Å². The molecule has 1 aromatic carbocycles. The quantitative estimate of drug-likeness (QED) is 0.870. The van der Waals surface area contributed by atoms with Crippen molar-refractivity contribution in [3.63, 3.8) is 0 Å². The number of benzene rings is 1. The van der Waals surface area contributed by atoms with Crippen molar-refractivity contribution in [1.29, 1.82) is 0 Å². The summed E-state index contributed by atoms with van der Waals surface area (Å²) in [6.07, 6.45) is 3.52. The van der Waals surface area contributed by atoms with Gasteiger partial charge in [0.2, 0.25) is 0 Å². The normalized spacial score (nSPS) is 12.6. The van der Waals surface area contributed by atoms with Gasteiger partial charge in [-0.15, -0.1) is 0 Å². The standard InChI is InChI=1S/C15H20N2O2S/c1-15(2,3)20(18,19)12-11-17-10-9-16-14(17)13-7-5-4-6-8-13/h4-10H,11-12H2,1-3H3. The van der Waals surface area contributed by atoms with Crippen molar-refractivity contribution >= 4 is 9.84 Å². The maximum atomic E-state index is 12.2. The van der Waals surface area contributed by atoms with Crippen molar-refractivity contribution in [2.24, 2.45) is 0 Å². The van der Waals surface area contributed by atoms with Crippen molar-refractivity contribution < 1.29 is 8.42 Å². The van der Waals surface area contributed by atoms with E-state index in [0.717, 1.165) is 11.4 Å². The summed E-state index contributed by atoms with van der Waals surface area (Å²) in [7, 11) is -3.12. The number of sulfone groups is 1. The fraction of sp³-hybridized carbons (Fsp3) is 0.400. The van der Waals surface area contributed by atoms with Crippen LogP contribution in [-0.2, 0) is 16.4 Å². The van der Waals surface area contributed by atoms with Crippen LogP contribution < -0.4 is 0 Å². The van der Waals surface area contributed by atoms with E-state index in [0.29, 0.717) is 6.54 Å². The molecule has 20 heavy (non-hydrogen) atoms. The van der Waals surface area contributed by atoms with E-state index in [-0.39, 0.29) is 5.75 Å². The molecule has 0 unspecified atom stereocenters. The van der Waals surface area contributed by atoms with Crippen LogP contribution in [0.2, 0.25) is 0 Å². The first-order valence-electron chi connectivity index (χ1n) is 6.60. The summed E-state index contributed by atoms with van der Waals surface area (Å²) < 4.78 is 25.5. The van der Waals surface area contributed by atoms with E-state index < -0.39 is 14.6 Å². The minimum absolute atomic E-state index is 0.118. The number of aryl methyl sites for hydroxylation is 1. The molecule has 2 rings (SSSR count). The molecule has 0 amide bonds. The first-order valence-corrected chi connectivity index (χ1v) is 8.25. The SMILES string of the molecule is CC(C)(C)S(=O)(=O)CCn1ccnc1-c1ccccc1. The zero-order valence-corrected chi connectivity index (χ0v) is 12.9. The molecule has 0 atom stereocenters. The van der Waals surface area contributed by atoms with E-state index in [1.165, 1.54) is 0 Å². The molecule has 0 aliphatic heterocycles. The van der Waals surface area contributed by atoms with Gasteiger partial charge in [-0.25, -0.2) is 13.4 Å². The summed E-state index contributed by atoms with van der Waals surface area (Å²) in [5.74, 6) is 0.918. The summed E-state index contributed by atoms with van der Waals surface area (Å²) in [5, 5.41) is 0. The second-order valence-electron chi connectivity index (χ2n) is 5.74. The molecule has 5 heteroatoms. The lowest BCUT2D eigenvalue weighted by Crippen LogP contribution is -2.32. The van der Waals surface area contributed by atoms with E-state index in [1.807, 2.05) is 41.1 Å². The van der Waals surface area contributed by atoms with Crippen molar-refractivity contribution in [2.45, 2.75) is 32.1 Å². The molecule has 0 aliphatic carbocycles. The Morgan fingerprint density at radius 2 is 1.80 bits per heavy atom. The number of imidazole rings is 1. The lowest BCUT2D eigenvalue weighted by molar-refractivity contribution is 0.554. The van der Waals surface area contributed by atoms with E-state index in [2.05, 4.69) is 4.98 Å². The minimum atomic E-state index is -3.12. The number of nitrogens with zero attached hydrogens (tertiary/aromatic N) is 2. The maximum Gasteiger partial charge on any atom is 0.156 e. The molecule has 0 saturated heterocycles. The van der Waals surface area contributed by atoms with E-state index in [1.54, 1.807) is 27.0 Å². The predicted octanol–water partition coefficient (Wildman–Crippen LogP) is 2.76. The summed E-state index contributed by atoms with van der Waals surface area (Å²) >= 11 is 0. The average Bonchev–Trinajstić information content (AvgIpc) is 2.84. The zero-order chi connectivity index (χ0) is 14.8. The molecule has 0 aliphatic rings. The van der Waals surface area contributed by atoms with Crippen LogP contribution in [0, 0.1) is 0 Å². The lowest BCUT2D eigenvalue weighted by Gasteiger charge is -2.19. The summed E-state index contributed by atoms with van der Waals surface area (Å²) in [5.41, 5.74) is 0.991. The molecule has 0 bridgehead atoms. The van der Waals surface area contributed by atoms with Crippen LogP contribution in [0.5, 0.6) is 0 Å². The summed E-state index contributed by atoms with van der Waals surface area (Å²) in [6.45, 7) is 5.61. The van der Waals surface area contributed by atoms with Crippen LogP contribution in [0.25, 0.3) is 11.4 Å². The molecule has 0 spiro atoms. The highest BCUT2D eigenvalue weighted by molar-refractivity contribution is 7.92. The topological polar surface area (TPSA) is 52.0 Å². The number of rotatable bonds is 4. The third-order valence-corrected chi connectivity index (χ3v) is 5.87. The van der Waals surface area contributed by atoms with Gasteiger partial charge < -0.3 is 4.57 Å². The third kappa shape index (κ3) is 3.10. The van der Waals surface area contributed by atoms with Gasteiger partial charge in [0.1, 0.15) is 5.82 Å². The lowest BCUT2D eigenvalue weighted by atomic mass is 10.2. The van der Waals surface area contributed by atoms with Crippen LogP contribution in [0.15, 0.2) is 42.7 Å². The van der Waals surface area contributed by atoms with E-state index in [4.69, 9.17) is 0 Å². The first kappa shape index (κ1) is 14.8. The molecule has 0 radical (unpaired) electrons. The number of hydrogen-bond acceptors (Lipinski definition) is 3. The molecule has 1 heterocycles. The van der Waals surface area contributed by atoms with Crippen molar-refractivity contribution in [3.05, 3.63) is 42.7 Å². The highest BCUT2D eigenvalue weighted by Crippen LogP contribution is 2.19. The fourth-order valence-electron chi connectivity index (χ4n) is 1.86. The van der Waals surface area contributed by atoms with Crippen molar-refractivity contribution in [3.8, 4) is 11.4 Å². The van der Waals surface area contributed by atoms with Gasteiger partial charge in [-0.2, -0.15) is 0 Å². The van der Waals surface area contributed by atoms with E-state index >= 15 is 0 Å². The molecule has 4 nitrogen and oxygen atoms in total. The van der Waals surface area contributed by atoms with Gasteiger partial charge in [-0.05, 0) is 20.8 Å². The maximum absolute atomic E-state index is 12.2. The van der Waals surface area contributed by atoms with Crippen molar-refractivity contribution in [2.75, 3.05) is 5.75 Å². The Kier molecular flexibility index (Phi) is 3.99. The largest absolute Gasteiger partial charge is 0.330 e. The zero-order valence-electron chi connectivity index (χ0n) is 12.1. The Bertz CT molecular complexity index is 667. The van der Waals surface area contributed by atoms with E-state index in [9.17, 15) is 8.42 Å². The smallest absolute Gasteiger partial charge is 0.156 e. The highest BCUT2D eigenvalue weighted by Gasteiger charge is 2.28. The van der Waals surface area contributed by atoms with Gasteiger partial charge in [0.25, 0.3) is 0 Å². The average molecular weight is 292 g/mol. The second kappa shape index (κ2) is 5.40. The molecular weight excluding hydrogens is 272 g/mol. The van der Waals surface area contributed by atoms with Crippen LogP contribution in [-0.4, -0.2) is 28.5 Å². The van der Waals surface area contributed by atoms with Gasteiger partial charge in [-0.3, -0.25) is 0 Å². The van der Waals surface area contributed by atoms with Crippen LogP contribution in [0.3, 0.4) is 0 Å². The van der Waals surface area contributed by atoms with Gasteiger partial charge in [-0.1, -0.05) is 30.3 Å². The Morgan fingerprint density at radius 1 is 1.15 bits per heavy atom. The molecule has 2 aromatic rings. The monoisotopic (exact) mass is 292 g/mol. The molecule has 0 N–H and O–H groups in total. The Hall–Kier alpha value is -1.62.